The van der Waals surface area contributed by atoms with Gasteiger partial charge >= 0.3 is 0 Å². The highest BCUT2D eigenvalue weighted by Crippen LogP contribution is 2.50. The van der Waals surface area contributed by atoms with E-state index in [1.165, 1.54) is 13.1 Å². The zero-order chi connectivity index (χ0) is 7.84. The Morgan fingerprint density at radius 3 is 2.55 bits per heavy atom. The Bertz CT molecular complexity index is 136. The molecule has 2 nitrogen and oxygen atoms in total. The summed E-state index contributed by atoms with van der Waals surface area (Å²) in [6.07, 6.45) is 0.952. The quantitative estimate of drug-likeness (QED) is 0.644. The van der Waals surface area contributed by atoms with Crippen LogP contribution in [0.1, 0.15) is 13.3 Å². The van der Waals surface area contributed by atoms with Gasteiger partial charge in [-0.25, -0.2) is 0 Å². The number of likely N-dealkylation sites (tertiary alicyclic amines) is 1. The molecule has 0 radical (unpaired) electrons. The Kier molecular flexibility index (Phi) is 1.90. The molecule has 0 amide bonds. The fraction of sp³-hybridized carbons (Fsp3) is 1.00. The first-order chi connectivity index (χ1) is 5.33. The number of hydrogen-bond donors (Lipinski definition) is 1. The second-order valence-electron chi connectivity index (χ2n) is 4.02. The third-order valence-corrected chi connectivity index (χ3v) is 3.33. The van der Waals surface area contributed by atoms with Crippen molar-refractivity contribution in [2.45, 2.75) is 13.3 Å². The number of nitrogens with zero attached hydrogens (tertiary/aromatic N) is 1. The van der Waals surface area contributed by atoms with Crippen LogP contribution in [0.2, 0.25) is 0 Å². The average Bonchev–Trinajstić information content (AvgIpc) is 2.54. The first kappa shape index (κ1) is 7.56. The molecule has 0 aromatic rings. The van der Waals surface area contributed by atoms with Crippen molar-refractivity contribution in [1.29, 1.82) is 0 Å². The molecule has 1 saturated carbocycles. The molecule has 2 unspecified atom stereocenters. The van der Waals surface area contributed by atoms with Crippen molar-refractivity contribution in [1.82, 2.24) is 4.90 Å². The van der Waals surface area contributed by atoms with E-state index < -0.39 is 0 Å². The minimum atomic E-state index is 0.349. The minimum absolute atomic E-state index is 0.349. The summed E-state index contributed by atoms with van der Waals surface area (Å²) in [5, 5.41) is 8.63. The summed E-state index contributed by atoms with van der Waals surface area (Å²) in [7, 11) is 0. The average molecular weight is 155 g/mol. The Labute approximate surface area is 68.2 Å². The van der Waals surface area contributed by atoms with E-state index >= 15 is 0 Å². The lowest BCUT2D eigenvalue weighted by Gasteiger charge is -2.17. The molecule has 2 fully saturated rings. The fourth-order valence-electron chi connectivity index (χ4n) is 2.39. The second-order valence-corrected chi connectivity index (χ2v) is 4.02. The van der Waals surface area contributed by atoms with Crippen molar-refractivity contribution in [2.75, 3.05) is 26.2 Å². The number of rotatable bonds is 3. The van der Waals surface area contributed by atoms with Crippen molar-refractivity contribution < 1.29 is 5.11 Å². The Morgan fingerprint density at radius 1 is 1.36 bits per heavy atom. The van der Waals surface area contributed by atoms with Gasteiger partial charge < -0.3 is 10.0 Å². The molecule has 0 aromatic carbocycles. The standard InChI is InChI=1S/C9H17NO/c1-7-8-5-10(3-2-4-11)6-9(7)8/h7-9,11H,2-6H2,1H3/t7?,8-,9?/m0/s1. The molecule has 1 heterocycles. The summed E-state index contributed by atoms with van der Waals surface area (Å²) in [6.45, 7) is 6.41. The molecule has 0 aromatic heterocycles. The predicted molar refractivity (Wildman–Crippen MR) is 44.3 cm³/mol. The lowest BCUT2D eigenvalue weighted by molar-refractivity contribution is 0.231. The SMILES string of the molecule is CC1C2CN(CCCO)C[C@@H]12. The Balaban J connectivity index is 1.69. The molecule has 3 atom stereocenters. The zero-order valence-electron chi connectivity index (χ0n) is 7.16. The molecule has 1 saturated heterocycles. The summed E-state index contributed by atoms with van der Waals surface area (Å²) in [5.41, 5.74) is 0. The minimum Gasteiger partial charge on any atom is -0.396 e. The highest BCUT2D eigenvalue weighted by Gasteiger charge is 2.52. The molecule has 2 aliphatic rings. The summed E-state index contributed by atoms with van der Waals surface area (Å²) >= 11 is 0. The monoisotopic (exact) mass is 155 g/mol. The van der Waals surface area contributed by atoms with Crippen molar-refractivity contribution in [3.8, 4) is 0 Å². The number of hydrogen-bond acceptors (Lipinski definition) is 2. The van der Waals surface area contributed by atoms with Crippen LogP contribution in [0.25, 0.3) is 0 Å². The van der Waals surface area contributed by atoms with E-state index in [4.69, 9.17) is 5.11 Å². The van der Waals surface area contributed by atoms with Gasteiger partial charge in [-0.05, 0) is 24.2 Å². The van der Waals surface area contributed by atoms with Gasteiger partial charge in [-0.1, -0.05) is 6.92 Å². The molecular formula is C9H17NO. The van der Waals surface area contributed by atoms with Gasteiger partial charge in [-0.2, -0.15) is 0 Å². The van der Waals surface area contributed by atoms with E-state index in [0.717, 1.165) is 30.7 Å². The largest absolute Gasteiger partial charge is 0.396 e. The van der Waals surface area contributed by atoms with Crippen molar-refractivity contribution in [3.05, 3.63) is 0 Å². The number of fused-ring (bicyclic) bond motifs is 1. The molecule has 2 heteroatoms. The lowest BCUT2D eigenvalue weighted by Crippen LogP contribution is -2.25. The zero-order valence-corrected chi connectivity index (χ0v) is 7.16. The van der Waals surface area contributed by atoms with Gasteiger partial charge in [-0.15, -0.1) is 0 Å². The van der Waals surface area contributed by atoms with Crippen molar-refractivity contribution >= 4 is 0 Å². The van der Waals surface area contributed by atoms with Gasteiger partial charge in [0, 0.05) is 26.2 Å². The molecule has 0 spiro atoms. The molecular weight excluding hydrogens is 138 g/mol. The maximum atomic E-state index is 8.63. The van der Waals surface area contributed by atoms with Crippen LogP contribution >= 0.6 is 0 Å². The van der Waals surface area contributed by atoms with Gasteiger partial charge in [0.15, 0.2) is 0 Å². The first-order valence-corrected chi connectivity index (χ1v) is 4.66. The molecule has 1 aliphatic heterocycles. The predicted octanol–water partition coefficient (Wildman–Crippen LogP) is 0.567. The topological polar surface area (TPSA) is 23.5 Å². The van der Waals surface area contributed by atoms with Crippen molar-refractivity contribution in [2.24, 2.45) is 17.8 Å². The summed E-state index contributed by atoms with van der Waals surface area (Å²) in [6, 6.07) is 0. The van der Waals surface area contributed by atoms with E-state index in [0.29, 0.717) is 6.61 Å². The van der Waals surface area contributed by atoms with Crippen LogP contribution in [-0.2, 0) is 0 Å². The van der Waals surface area contributed by atoms with Crippen molar-refractivity contribution in [3.63, 3.8) is 0 Å². The molecule has 1 N–H and O–H groups in total. The van der Waals surface area contributed by atoms with Gasteiger partial charge in [0.05, 0.1) is 0 Å². The van der Waals surface area contributed by atoms with E-state index in [1.807, 2.05) is 0 Å². The fourth-order valence-corrected chi connectivity index (χ4v) is 2.39. The first-order valence-electron chi connectivity index (χ1n) is 4.66. The summed E-state index contributed by atoms with van der Waals surface area (Å²) < 4.78 is 0. The van der Waals surface area contributed by atoms with Gasteiger partial charge in [0.1, 0.15) is 0 Å². The maximum absolute atomic E-state index is 8.63. The highest BCUT2D eigenvalue weighted by molar-refractivity contribution is 5.02. The maximum Gasteiger partial charge on any atom is 0.0443 e. The van der Waals surface area contributed by atoms with Crippen LogP contribution in [0.3, 0.4) is 0 Å². The number of piperidine rings is 1. The van der Waals surface area contributed by atoms with Gasteiger partial charge in [-0.3, -0.25) is 0 Å². The molecule has 2 rings (SSSR count). The molecule has 0 bridgehead atoms. The van der Waals surface area contributed by atoms with Gasteiger partial charge in [0.25, 0.3) is 0 Å². The van der Waals surface area contributed by atoms with E-state index in [2.05, 4.69) is 11.8 Å². The molecule has 11 heavy (non-hydrogen) atoms. The molecule has 1 aliphatic carbocycles. The third-order valence-electron chi connectivity index (χ3n) is 3.33. The Hall–Kier alpha value is -0.0800. The van der Waals surface area contributed by atoms with E-state index in [1.54, 1.807) is 0 Å². The summed E-state index contributed by atoms with van der Waals surface area (Å²) in [5.74, 6) is 3.02. The third kappa shape index (κ3) is 1.30. The highest BCUT2D eigenvalue weighted by atomic mass is 16.3. The normalized spacial score (nSPS) is 42.5. The van der Waals surface area contributed by atoms with Crippen LogP contribution in [0.5, 0.6) is 0 Å². The lowest BCUT2D eigenvalue weighted by atomic mass is 10.3. The number of aliphatic hydroxyl groups is 1. The second kappa shape index (κ2) is 2.76. The smallest absolute Gasteiger partial charge is 0.0443 e. The summed E-state index contributed by atoms with van der Waals surface area (Å²) in [4.78, 5) is 2.49. The van der Waals surface area contributed by atoms with Crippen LogP contribution in [0.15, 0.2) is 0 Å². The van der Waals surface area contributed by atoms with E-state index in [9.17, 15) is 0 Å². The van der Waals surface area contributed by atoms with Crippen LogP contribution in [0.4, 0.5) is 0 Å². The van der Waals surface area contributed by atoms with Gasteiger partial charge in [0.2, 0.25) is 0 Å². The van der Waals surface area contributed by atoms with Crippen LogP contribution in [0, 0.1) is 17.8 Å². The number of aliphatic hydroxyl groups excluding tert-OH is 1. The van der Waals surface area contributed by atoms with E-state index in [-0.39, 0.29) is 0 Å². The van der Waals surface area contributed by atoms with Crippen LogP contribution < -0.4 is 0 Å². The molecule has 64 valence electrons. The van der Waals surface area contributed by atoms with Crippen LogP contribution in [-0.4, -0.2) is 36.2 Å². The Morgan fingerprint density at radius 2 is 2.00 bits per heavy atom.